The van der Waals surface area contributed by atoms with Gasteiger partial charge in [0.05, 0.1) is 18.9 Å². The minimum absolute atomic E-state index is 0.0245. The second-order valence-corrected chi connectivity index (χ2v) is 6.47. The Kier molecular flexibility index (Phi) is 4.16. The Morgan fingerprint density at radius 3 is 2.73 bits per heavy atom. The molecule has 0 spiro atoms. The first kappa shape index (κ1) is 16.3. The highest BCUT2D eigenvalue weighted by atomic mass is 16.5. The predicted octanol–water partition coefficient (Wildman–Crippen LogP) is 2.61. The largest absolute Gasteiger partial charge is 0.481 e. The van der Waals surface area contributed by atoms with Gasteiger partial charge in [-0.1, -0.05) is 24.3 Å². The van der Waals surface area contributed by atoms with Crippen molar-refractivity contribution in [3.63, 3.8) is 0 Å². The van der Waals surface area contributed by atoms with E-state index in [9.17, 15) is 4.79 Å². The third-order valence-electron chi connectivity index (χ3n) is 4.80. The molecular formula is C20H20N4O2. The number of carbonyl (C=O) groups is 1. The summed E-state index contributed by atoms with van der Waals surface area (Å²) in [5.41, 5.74) is 4.11. The lowest BCUT2D eigenvalue weighted by Crippen LogP contribution is -2.38. The predicted molar refractivity (Wildman–Crippen MR) is 97.0 cm³/mol. The highest BCUT2D eigenvalue weighted by Crippen LogP contribution is 2.33. The average Bonchev–Trinajstić information content (AvgIpc) is 3.12. The maximum Gasteiger partial charge on any atom is 0.255 e. The van der Waals surface area contributed by atoms with Crippen LogP contribution in [0.1, 0.15) is 33.0 Å². The summed E-state index contributed by atoms with van der Waals surface area (Å²) in [6.45, 7) is 1.21. The number of methoxy groups -OCH3 is 1. The number of carbonyl (C=O) groups excluding carboxylic acids is 1. The van der Waals surface area contributed by atoms with E-state index in [2.05, 4.69) is 22.2 Å². The quantitative estimate of drug-likeness (QED) is 0.730. The van der Waals surface area contributed by atoms with Crippen molar-refractivity contribution >= 4 is 5.91 Å². The van der Waals surface area contributed by atoms with Crippen LogP contribution in [-0.4, -0.2) is 39.2 Å². The molecule has 0 saturated carbocycles. The number of hydrogen-bond donors (Lipinski definition) is 0. The van der Waals surface area contributed by atoms with Crippen LogP contribution in [-0.2, 0) is 13.6 Å². The smallest absolute Gasteiger partial charge is 0.255 e. The van der Waals surface area contributed by atoms with Crippen molar-refractivity contribution in [1.82, 2.24) is 19.7 Å². The van der Waals surface area contributed by atoms with Crippen molar-refractivity contribution in [1.29, 1.82) is 0 Å². The number of aryl methyl sites for hydroxylation is 1. The van der Waals surface area contributed by atoms with E-state index in [-0.39, 0.29) is 11.8 Å². The van der Waals surface area contributed by atoms with E-state index in [1.807, 2.05) is 36.5 Å². The molecule has 6 heteroatoms. The molecule has 0 N–H and O–H groups in total. The van der Waals surface area contributed by atoms with E-state index in [1.165, 1.54) is 11.1 Å². The molecule has 1 aromatic carbocycles. The van der Waals surface area contributed by atoms with Gasteiger partial charge in [-0.25, -0.2) is 4.98 Å². The molecule has 2 aromatic heterocycles. The Balaban J connectivity index is 1.67. The maximum atomic E-state index is 13.0. The van der Waals surface area contributed by atoms with E-state index < -0.39 is 0 Å². The van der Waals surface area contributed by atoms with Gasteiger partial charge in [0.1, 0.15) is 0 Å². The number of fused-ring (bicyclic) bond motifs is 1. The second-order valence-electron chi connectivity index (χ2n) is 6.47. The number of amides is 1. The summed E-state index contributed by atoms with van der Waals surface area (Å²) in [5, 5.41) is 4.30. The van der Waals surface area contributed by atoms with Crippen LogP contribution < -0.4 is 4.74 Å². The number of ether oxygens (including phenoxy) is 1. The number of benzene rings is 1. The third-order valence-corrected chi connectivity index (χ3v) is 4.80. The molecule has 132 valence electrons. The van der Waals surface area contributed by atoms with E-state index in [0.29, 0.717) is 24.5 Å². The van der Waals surface area contributed by atoms with Gasteiger partial charge in [-0.3, -0.25) is 9.48 Å². The first-order chi connectivity index (χ1) is 12.7. The summed E-state index contributed by atoms with van der Waals surface area (Å²) in [7, 11) is 3.47. The zero-order chi connectivity index (χ0) is 18.1. The lowest BCUT2D eigenvalue weighted by molar-refractivity contribution is 0.0724. The average molecular weight is 348 g/mol. The van der Waals surface area contributed by atoms with Crippen LogP contribution in [0.25, 0.3) is 0 Å². The minimum Gasteiger partial charge on any atom is -0.481 e. The standard InChI is InChI=1S/C20H20N4O2/c1-23-11-16(10-22-23)18-13-24(12-15-5-3-4-6-17(15)18)20(25)14-7-8-19(26-2)21-9-14/h3-11,18H,12-13H2,1-2H3/t18-/m1/s1. The summed E-state index contributed by atoms with van der Waals surface area (Å²) in [4.78, 5) is 19.0. The first-order valence-corrected chi connectivity index (χ1v) is 8.51. The van der Waals surface area contributed by atoms with Crippen molar-refractivity contribution < 1.29 is 9.53 Å². The second kappa shape index (κ2) is 6.63. The molecule has 0 fully saturated rings. The Hall–Kier alpha value is -3.15. The zero-order valence-corrected chi connectivity index (χ0v) is 14.8. The molecule has 0 unspecified atom stereocenters. The topological polar surface area (TPSA) is 60.2 Å². The number of aromatic nitrogens is 3. The summed E-state index contributed by atoms with van der Waals surface area (Å²) in [5.74, 6) is 0.589. The Morgan fingerprint density at radius 1 is 1.19 bits per heavy atom. The minimum atomic E-state index is -0.0245. The molecule has 1 atom stereocenters. The highest BCUT2D eigenvalue weighted by Gasteiger charge is 2.30. The Labute approximate surface area is 152 Å². The highest BCUT2D eigenvalue weighted by molar-refractivity contribution is 5.94. The fourth-order valence-corrected chi connectivity index (χ4v) is 3.48. The SMILES string of the molecule is COc1ccc(C(=O)N2Cc3ccccc3[C@@H](c3cnn(C)c3)C2)cn1. The maximum absolute atomic E-state index is 13.0. The molecule has 1 aliphatic rings. The number of pyridine rings is 1. The van der Waals surface area contributed by atoms with Crippen LogP contribution in [0, 0.1) is 0 Å². The van der Waals surface area contributed by atoms with E-state index >= 15 is 0 Å². The molecule has 1 aliphatic heterocycles. The van der Waals surface area contributed by atoms with Gasteiger partial charge < -0.3 is 9.64 Å². The fourth-order valence-electron chi connectivity index (χ4n) is 3.48. The molecule has 6 nitrogen and oxygen atoms in total. The van der Waals surface area contributed by atoms with Crippen molar-refractivity contribution in [3.8, 4) is 5.88 Å². The van der Waals surface area contributed by atoms with Crippen molar-refractivity contribution in [2.24, 2.45) is 7.05 Å². The fraction of sp³-hybridized carbons (Fsp3) is 0.250. The van der Waals surface area contributed by atoms with E-state index in [4.69, 9.17) is 4.74 Å². The number of rotatable bonds is 3. The molecule has 0 aliphatic carbocycles. The lowest BCUT2D eigenvalue weighted by Gasteiger charge is -2.34. The number of nitrogens with zero attached hydrogens (tertiary/aromatic N) is 4. The van der Waals surface area contributed by atoms with Gasteiger partial charge in [-0.05, 0) is 22.8 Å². The molecule has 0 saturated heterocycles. The summed E-state index contributed by atoms with van der Waals surface area (Å²) >= 11 is 0. The molecule has 3 aromatic rings. The lowest BCUT2D eigenvalue weighted by atomic mass is 9.86. The van der Waals surface area contributed by atoms with E-state index in [1.54, 1.807) is 30.1 Å². The molecule has 0 bridgehead atoms. The van der Waals surface area contributed by atoms with Gasteiger partial charge in [-0.2, -0.15) is 5.10 Å². The van der Waals surface area contributed by atoms with Crippen LogP contribution in [0.2, 0.25) is 0 Å². The molecule has 26 heavy (non-hydrogen) atoms. The molecule has 4 rings (SSSR count). The third kappa shape index (κ3) is 2.94. The normalized spacial score (nSPS) is 16.2. The molecule has 1 amide bonds. The number of hydrogen-bond acceptors (Lipinski definition) is 4. The van der Waals surface area contributed by atoms with Gasteiger partial charge >= 0.3 is 0 Å². The summed E-state index contributed by atoms with van der Waals surface area (Å²) < 4.78 is 6.87. The first-order valence-electron chi connectivity index (χ1n) is 8.51. The van der Waals surface area contributed by atoms with Gasteiger partial charge in [0, 0.05) is 44.5 Å². The van der Waals surface area contributed by atoms with E-state index in [0.717, 1.165) is 5.56 Å². The van der Waals surface area contributed by atoms with Gasteiger partial charge in [0.15, 0.2) is 0 Å². The van der Waals surface area contributed by atoms with Crippen molar-refractivity contribution in [2.75, 3.05) is 13.7 Å². The molecule has 0 radical (unpaired) electrons. The summed E-state index contributed by atoms with van der Waals surface area (Å²) in [6, 6.07) is 11.8. The Bertz CT molecular complexity index is 933. The van der Waals surface area contributed by atoms with Gasteiger partial charge in [0.25, 0.3) is 5.91 Å². The molecule has 3 heterocycles. The van der Waals surface area contributed by atoms with Crippen LogP contribution in [0.5, 0.6) is 5.88 Å². The van der Waals surface area contributed by atoms with Gasteiger partial charge in [0.2, 0.25) is 5.88 Å². The van der Waals surface area contributed by atoms with Crippen LogP contribution >= 0.6 is 0 Å². The Morgan fingerprint density at radius 2 is 2.04 bits per heavy atom. The van der Waals surface area contributed by atoms with Gasteiger partial charge in [-0.15, -0.1) is 0 Å². The zero-order valence-electron chi connectivity index (χ0n) is 14.8. The van der Waals surface area contributed by atoms with Crippen molar-refractivity contribution in [2.45, 2.75) is 12.5 Å². The van der Waals surface area contributed by atoms with Crippen LogP contribution in [0.15, 0.2) is 55.0 Å². The monoisotopic (exact) mass is 348 g/mol. The molecular weight excluding hydrogens is 328 g/mol. The summed E-state index contributed by atoms with van der Waals surface area (Å²) in [6.07, 6.45) is 5.47. The van der Waals surface area contributed by atoms with Crippen LogP contribution in [0.4, 0.5) is 0 Å². The van der Waals surface area contributed by atoms with Crippen molar-refractivity contribution in [3.05, 3.63) is 77.2 Å². The van der Waals surface area contributed by atoms with Crippen LogP contribution in [0.3, 0.4) is 0 Å².